The van der Waals surface area contributed by atoms with Crippen LogP contribution < -0.4 is 5.32 Å². The Morgan fingerprint density at radius 1 is 1.15 bits per heavy atom. The molecule has 1 N–H and O–H groups in total. The number of carbonyl (C=O) groups excluding carboxylic acids is 3. The van der Waals surface area contributed by atoms with Gasteiger partial charge in [-0.25, -0.2) is 9.69 Å². The molecule has 3 aliphatic rings. The first-order chi connectivity index (χ1) is 12.4. The summed E-state index contributed by atoms with van der Waals surface area (Å²) in [5, 5.41) is 3.04. The molecular weight excluding hydrogens is 334 g/mol. The molecule has 0 aromatic heterocycles. The van der Waals surface area contributed by atoms with E-state index in [1.807, 2.05) is 6.92 Å². The quantitative estimate of drug-likeness (QED) is 0.609. The molecule has 26 heavy (non-hydrogen) atoms. The summed E-state index contributed by atoms with van der Waals surface area (Å²) in [5.74, 6) is 0.0317. The Labute approximate surface area is 155 Å². The number of hydrogen-bond acceptors (Lipinski definition) is 5. The van der Waals surface area contributed by atoms with Crippen LogP contribution in [0.15, 0.2) is 0 Å². The van der Waals surface area contributed by atoms with Crippen LogP contribution in [0.1, 0.15) is 52.9 Å². The lowest BCUT2D eigenvalue weighted by atomic mass is 9.67. The Morgan fingerprint density at radius 3 is 2.35 bits per heavy atom. The summed E-state index contributed by atoms with van der Waals surface area (Å²) >= 11 is 0. The van der Waals surface area contributed by atoms with Gasteiger partial charge in [0, 0.05) is 13.1 Å². The van der Waals surface area contributed by atoms with E-state index in [1.165, 1.54) is 4.90 Å². The molecule has 0 aromatic rings. The predicted molar refractivity (Wildman–Crippen MR) is 96.1 cm³/mol. The van der Waals surface area contributed by atoms with Crippen molar-refractivity contribution in [3.8, 4) is 0 Å². The molecule has 3 fully saturated rings. The fourth-order valence-electron chi connectivity index (χ4n) is 4.85. The van der Waals surface area contributed by atoms with Crippen LogP contribution in [0, 0.1) is 17.8 Å². The van der Waals surface area contributed by atoms with Gasteiger partial charge in [-0.2, -0.15) is 0 Å². The minimum Gasteiger partial charge on any atom is -0.466 e. The van der Waals surface area contributed by atoms with Gasteiger partial charge in [0.25, 0.3) is 5.91 Å². The number of esters is 1. The zero-order valence-electron chi connectivity index (χ0n) is 16.1. The Balaban J connectivity index is 1.62. The molecule has 7 nitrogen and oxygen atoms in total. The number of nitrogens with one attached hydrogen (secondary N) is 1. The van der Waals surface area contributed by atoms with E-state index in [1.54, 1.807) is 0 Å². The van der Waals surface area contributed by atoms with Crippen molar-refractivity contribution in [1.29, 1.82) is 0 Å². The zero-order chi connectivity index (χ0) is 18.9. The van der Waals surface area contributed by atoms with E-state index in [-0.39, 0.29) is 35.7 Å². The monoisotopic (exact) mass is 365 g/mol. The van der Waals surface area contributed by atoms with E-state index in [4.69, 9.17) is 4.74 Å². The summed E-state index contributed by atoms with van der Waals surface area (Å²) in [6.45, 7) is 8.05. The second kappa shape index (κ2) is 7.55. The van der Waals surface area contributed by atoms with Gasteiger partial charge in [-0.15, -0.1) is 0 Å². The molecule has 2 aliphatic heterocycles. The number of urea groups is 1. The molecule has 2 atom stereocenters. The first-order valence-corrected chi connectivity index (χ1v) is 9.93. The van der Waals surface area contributed by atoms with Gasteiger partial charge in [0.15, 0.2) is 0 Å². The lowest BCUT2D eigenvalue weighted by Gasteiger charge is -2.42. The van der Waals surface area contributed by atoms with Gasteiger partial charge in [0.05, 0.1) is 19.2 Å². The standard InChI is InChI=1S/C19H31N3O4/c1-4-26-16(23)15-8-10-21(11-9-15)12-22-17(24)19(20-18(22)25)13(2)6-5-7-14(19)3/h13-15H,4-12H2,1-3H3,(H,20,25). The number of ether oxygens (including phenoxy) is 1. The van der Waals surface area contributed by atoms with Gasteiger partial charge in [-0.05, 0) is 44.4 Å². The topological polar surface area (TPSA) is 79.0 Å². The number of nitrogens with zero attached hydrogens (tertiary/aromatic N) is 2. The van der Waals surface area contributed by atoms with Crippen LogP contribution in [0.4, 0.5) is 4.79 Å². The molecular formula is C19H31N3O4. The van der Waals surface area contributed by atoms with Crippen molar-refractivity contribution in [1.82, 2.24) is 15.1 Å². The molecule has 0 bridgehead atoms. The first-order valence-electron chi connectivity index (χ1n) is 9.93. The van der Waals surface area contributed by atoms with E-state index in [0.29, 0.717) is 39.2 Å². The zero-order valence-corrected chi connectivity index (χ0v) is 16.1. The van der Waals surface area contributed by atoms with Gasteiger partial charge < -0.3 is 10.1 Å². The van der Waals surface area contributed by atoms with Gasteiger partial charge in [0.1, 0.15) is 5.54 Å². The molecule has 0 radical (unpaired) electrons. The molecule has 1 saturated carbocycles. The molecule has 2 saturated heterocycles. The number of piperidine rings is 1. The van der Waals surface area contributed by atoms with Crippen molar-refractivity contribution in [2.24, 2.45) is 17.8 Å². The number of imide groups is 1. The maximum Gasteiger partial charge on any atom is 0.326 e. The van der Waals surface area contributed by atoms with E-state index in [9.17, 15) is 14.4 Å². The number of likely N-dealkylation sites (tertiary alicyclic amines) is 1. The molecule has 0 aromatic carbocycles. The Kier molecular flexibility index (Phi) is 5.55. The smallest absolute Gasteiger partial charge is 0.326 e. The van der Waals surface area contributed by atoms with E-state index in [2.05, 4.69) is 24.1 Å². The molecule has 146 valence electrons. The van der Waals surface area contributed by atoms with Crippen LogP contribution in [0.25, 0.3) is 0 Å². The second-order valence-corrected chi connectivity index (χ2v) is 8.05. The lowest BCUT2D eigenvalue weighted by molar-refractivity contribution is -0.150. The summed E-state index contributed by atoms with van der Waals surface area (Å²) in [4.78, 5) is 41.1. The maximum atomic E-state index is 13.2. The lowest BCUT2D eigenvalue weighted by Crippen LogP contribution is -2.59. The summed E-state index contributed by atoms with van der Waals surface area (Å²) in [7, 11) is 0. The van der Waals surface area contributed by atoms with Crippen LogP contribution in [0.5, 0.6) is 0 Å². The molecule has 7 heteroatoms. The minimum atomic E-state index is -0.738. The van der Waals surface area contributed by atoms with Crippen molar-refractivity contribution >= 4 is 17.9 Å². The minimum absolute atomic E-state index is 0.0703. The Morgan fingerprint density at radius 2 is 1.77 bits per heavy atom. The SMILES string of the molecule is CCOC(=O)C1CCN(CN2C(=O)NC3(C2=O)C(C)CCCC3C)CC1. The molecule has 2 unspecified atom stereocenters. The van der Waals surface area contributed by atoms with Crippen LogP contribution in [0.2, 0.25) is 0 Å². The molecule has 1 aliphatic carbocycles. The van der Waals surface area contributed by atoms with Crippen molar-refractivity contribution < 1.29 is 19.1 Å². The van der Waals surface area contributed by atoms with Crippen molar-refractivity contribution in [3.05, 3.63) is 0 Å². The fraction of sp³-hybridized carbons (Fsp3) is 0.842. The highest BCUT2D eigenvalue weighted by Gasteiger charge is 2.58. The Bertz CT molecular complexity index is 561. The predicted octanol–water partition coefficient (Wildman–Crippen LogP) is 1.97. The summed E-state index contributed by atoms with van der Waals surface area (Å²) < 4.78 is 5.10. The van der Waals surface area contributed by atoms with Gasteiger partial charge in [-0.3, -0.25) is 14.5 Å². The van der Waals surface area contributed by atoms with Crippen molar-refractivity contribution in [2.45, 2.75) is 58.4 Å². The highest BCUT2D eigenvalue weighted by atomic mass is 16.5. The van der Waals surface area contributed by atoms with E-state index < -0.39 is 5.54 Å². The van der Waals surface area contributed by atoms with Crippen LogP contribution >= 0.6 is 0 Å². The van der Waals surface area contributed by atoms with Gasteiger partial charge in [0.2, 0.25) is 0 Å². The maximum absolute atomic E-state index is 13.2. The summed E-state index contributed by atoms with van der Waals surface area (Å²) in [6, 6.07) is -0.275. The van der Waals surface area contributed by atoms with Crippen molar-refractivity contribution in [2.75, 3.05) is 26.4 Å². The van der Waals surface area contributed by atoms with Crippen LogP contribution in [-0.2, 0) is 14.3 Å². The van der Waals surface area contributed by atoms with Crippen LogP contribution in [-0.4, -0.2) is 59.6 Å². The number of rotatable bonds is 4. The van der Waals surface area contributed by atoms with Crippen molar-refractivity contribution in [3.63, 3.8) is 0 Å². The third-order valence-electron chi connectivity index (χ3n) is 6.54. The number of carbonyl (C=O) groups is 3. The van der Waals surface area contributed by atoms with Gasteiger partial charge in [-0.1, -0.05) is 20.3 Å². The average Bonchev–Trinajstić information content (AvgIpc) is 2.86. The second-order valence-electron chi connectivity index (χ2n) is 8.05. The molecule has 1 spiro atoms. The normalized spacial score (nSPS) is 33.6. The summed E-state index contributed by atoms with van der Waals surface area (Å²) in [6.07, 6.45) is 4.46. The third kappa shape index (κ3) is 3.21. The van der Waals surface area contributed by atoms with E-state index >= 15 is 0 Å². The number of amides is 3. The largest absolute Gasteiger partial charge is 0.466 e. The Hall–Kier alpha value is -1.63. The molecule has 2 heterocycles. The number of hydrogen-bond donors (Lipinski definition) is 1. The molecule has 3 rings (SSSR count). The fourth-order valence-corrected chi connectivity index (χ4v) is 4.85. The highest BCUT2D eigenvalue weighted by Crippen LogP contribution is 2.42. The highest BCUT2D eigenvalue weighted by molar-refractivity contribution is 6.07. The van der Waals surface area contributed by atoms with Gasteiger partial charge >= 0.3 is 12.0 Å². The van der Waals surface area contributed by atoms with Crippen LogP contribution in [0.3, 0.4) is 0 Å². The van der Waals surface area contributed by atoms with E-state index in [0.717, 1.165) is 19.3 Å². The molecule has 3 amide bonds. The summed E-state index contributed by atoms with van der Waals surface area (Å²) in [5.41, 5.74) is -0.738. The first kappa shape index (κ1) is 19.1. The average molecular weight is 365 g/mol. The third-order valence-corrected chi connectivity index (χ3v) is 6.54.